The molecule has 2 rings (SSSR count). The lowest BCUT2D eigenvalue weighted by molar-refractivity contribution is 0.184. The van der Waals surface area contributed by atoms with Crippen molar-refractivity contribution in [2.45, 2.75) is 20.3 Å². The molecule has 0 saturated heterocycles. The van der Waals surface area contributed by atoms with Gasteiger partial charge in [0.1, 0.15) is 5.75 Å². The zero-order valence-corrected chi connectivity index (χ0v) is 8.16. The van der Waals surface area contributed by atoms with Crippen LogP contribution in [0.3, 0.4) is 0 Å². The minimum Gasteiger partial charge on any atom is -0.491 e. The van der Waals surface area contributed by atoms with Gasteiger partial charge in [0.15, 0.2) is 0 Å². The van der Waals surface area contributed by atoms with Crippen molar-refractivity contribution in [1.29, 1.82) is 0 Å². The van der Waals surface area contributed by atoms with Crippen LogP contribution in [-0.4, -0.2) is 11.6 Å². The summed E-state index contributed by atoms with van der Waals surface area (Å²) < 4.78 is 5.63. The number of pyridine rings is 1. The molecular weight excluding hydrogens is 162 g/mol. The van der Waals surface area contributed by atoms with Crippen molar-refractivity contribution in [1.82, 2.24) is 4.98 Å². The van der Waals surface area contributed by atoms with Gasteiger partial charge in [-0.1, -0.05) is 13.8 Å². The fourth-order valence-corrected chi connectivity index (χ4v) is 1.67. The van der Waals surface area contributed by atoms with Crippen LogP contribution < -0.4 is 4.74 Å². The molecule has 1 aromatic heterocycles. The molecule has 0 aliphatic carbocycles. The van der Waals surface area contributed by atoms with E-state index in [2.05, 4.69) is 24.9 Å². The molecule has 1 atom stereocenters. The Hall–Kier alpha value is -1.05. The first-order chi connectivity index (χ1) is 6.27. The Balaban J connectivity index is 2.20. The van der Waals surface area contributed by atoms with E-state index in [1.54, 1.807) is 0 Å². The van der Waals surface area contributed by atoms with Gasteiger partial charge in [0.2, 0.25) is 0 Å². The van der Waals surface area contributed by atoms with Crippen LogP contribution in [-0.2, 0) is 6.42 Å². The first-order valence-corrected chi connectivity index (χ1v) is 4.83. The molecule has 0 fully saturated rings. The molecule has 0 amide bonds. The van der Waals surface area contributed by atoms with Gasteiger partial charge >= 0.3 is 0 Å². The molecular formula is C11H15NO. The van der Waals surface area contributed by atoms with Crippen LogP contribution in [0.1, 0.15) is 19.4 Å². The summed E-state index contributed by atoms with van der Waals surface area (Å²) in [5.74, 6) is 2.33. The topological polar surface area (TPSA) is 22.1 Å². The summed E-state index contributed by atoms with van der Waals surface area (Å²) in [7, 11) is 0. The molecule has 1 aliphatic heterocycles. The van der Waals surface area contributed by atoms with E-state index in [1.165, 1.54) is 5.56 Å². The molecule has 1 aromatic rings. The van der Waals surface area contributed by atoms with Gasteiger partial charge < -0.3 is 4.74 Å². The van der Waals surface area contributed by atoms with Crippen LogP contribution in [0.4, 0.5) is 0 Å². The highest BCUT2D eigenvalue weighted by atomic mass is 16.5. The van der Waals surface area contributed by atoms with E-state index < -0.39 is 0 Å². The summed E-state index contributed by atoms with van der Waals surface area (Å²) in [6.45, 7) is 5.34. The molecule has 1 unspecified atom stereocenters. The highest BCUT2D eigenvalue weighted by molar-refractivity contribution is 5.31. The van der Waals surface area contributed by atoms with Gasteiger partial charge in [-0.15, -0.1) is 0 Å². The number of hydrogen-bond donors (Lipinski definition) is 0. The van der Waals surface area contributed by atoms with Gasteiger partial charge in [-0.05, 0) is 29.9 Å². The number of nitrogens with zero attached hydrogens (tertiary/aromatic N) is 1. The van der Waals surface area contributed by atoms with Gasteiger partial charge in [-0.2, -0.15) is 0 Å². The first-order valence-electron chi connectivity index (χ1n) is 4.83. The Morgan fingerprint density at radius 2 is 2.38 bits per heavy atom. The molecule has 2 heteroatoms. The lowest BCUT2D eigenvalue weighted by atomic mass is 9.88. The quantitative estimate of drug-likeness (QED) is 0.656. The number of rotatable bonds is 1. The number of aromatic nitrogens is 1. The Morgan fingerprint density at radius 1 is 1.54 bits per heavy atom. The minimum atomic E-state index is 0.662. The van der Waals surface area contributed by atoms with Gasteiger partial charge in [-0.25, -0.2) is 0 Å². The van der Waals surface area contributed by atoms with E-state index in [-0.39, 0.29) is 0 Å². The normalized spacial score (nSPS) is 21.0. The maximum absolute atomic E-state index is 5.63. The Bertz CT molecular complexity index is 296. The number of fused-ring (bicyclic) bond motifs is 1. The van der Waals surface area contributed by atoms with E-state index in [0.29, 0.717) is 11.8 Å². The largest absolute Gasteiger partial charge is 0.491 e. The second-order valence-corrected chi connectivity index (χ2v) is 4.00. The lowest BCUT2D eigenvalue weighted by Gasteiger charge is -2.27. The van der Waals surface area contributed by atoms with Crippen molar-refractivity contribution in [3.05, 3.63) is 24.0 Å². The van der Waals surface area contributed by atoms with Crippen LogP contribution >= 0.6 is 0 Å². The minimum absolute atomic E-state index is 0.662. The second kappa shape index (κ2) is 3.36. The van der Waals surface area contributed by atoms with Crippen molar-refractivity contribution in [2.24, 2.45) is 11.8 Å². The maximum Gasteiger partial charge on any atom is 0.140 e. The Labute approximate surface area is 78.9 Å². The van der Waals surface area contributed by atoms with Crippen molar-refractivity contribution in [3.63, 3.8) is 0 Å². The van der Waals surface area contributed by atoms with Crippen LogP contribution in [0, 0.1) is 11.8 Å². The predicted octanol–water partition coefficient (Wildman–Crippen LogP) is 2.29. The number of ether oxygens (including phenoxy) is 1. The van der Waals surface area contributed by atoms with Crippen LogP contribution in [0.5, 0.6) is 5.75 Å². The molecule has 70 valence electrons. The zero-order chi connectivity index (χ0) is 9.26. The molecule has 0 spiro atoms. The molecule has 0 aromatic carbocycles. The van der Waals surface area contributed by atoms with Crippen molar-refractivity contribution in [3.8, 4) is 5.75 Å². The predicted molar refractivity (Wildman–Crippen MR) is 51.8 cm³/mol. The van der Waals surface area contributed by atoms with Gasteiger partial charge in [0.25, 0.3) is 0 Å². The average Bonchev–Trinajstić information content (AvgIpc) is 2.17. The Morgan fingerprint density at radius 3 is 3.15 bits per heavy atom. The van der Waals surface area contributed by atoms with E-state index in [9.17, 15) is 0 Å². The van der Waals surface area contributed by atoms with Crippen molar-refractivity contribution >= 4 is 0 Å². The smallest absolute Gasteiger partial charge is 0.140 e. The SMILES string of the molecule is CC(C)C1COc2cnccc2C1. The van der Waals surface area contributed by atoms with E-state index >= 15 is 0 Å². The molecule has 0 saturated carbocycles. The third-order valence-electron chi connectivity index (χ3n) is 2.75. The molecule has 0 radical (unpaired) electrons. The summed E-state index contributed by atoms with van der Waals surface area (Å²) in [5, 5.41) is 0. The highest BCUT2D eigenvalue weighted by Gasteiger charge is 2.21. The van der Waals surface area contributed by atoms with Crippen LogP contribution in [0.2, 0.25) is 0 Å². The van der Waals surface area contributed by atoms with Crippen molar-refractivity contribution in [2.75, 3.05) is 6.61 Å². The number of hydrogen-bond acceptors (Lipinski definition) is 2. The third-order valence-corrected chi connectivity index (χ3v) is 2.75. The summed E-state index contributed by atoms with van der Waals surface area (Å²) >= 11 is 0. The van der Waals surface area contributed by atoms with E-state index in [4.69, 9.17) is 4.74 Å². The summed E-state index contributed by atoms with van der Waals surface area (Å²) in [6, 6.07) is 2.06. The van der Waals surface area contributed by atoms with Gasteiger partial charge in [0.05, 0.1) is 12.8 Å². The van der Waals surface area contributed by atoms with Crippen LogP contribution in [0.25, 0.3) is 0 Å². The summed E-state index contributed by atoms with van der Waals surface area (Å²) in [4.78, 5) is 4.04. The monoisotopic (exact) mass is 177 g/mol. The molecule has 0 N–H and O–H groups in total. The fourth-order valence-electron chi connectivity index (χ4n) is 1.67. The summed E-state index contributed by atoms with van der Waals surface area (Å²) in [6.07, 6.45) is 4.78. The standard InChI is InChI=1S/C11H15NO/c1-8(2)10-5-9-3-4-12-6-11(9)13-7-10/h3-4,6,8,10H,5,7H2,1-2H3. The lowest BCUT2D eigenvalue weighted by Crippen LogP contribution is -2.25. The third kappa shape index (κ3) is 1.67. The molecule has 0 bridgehead atoms. The maximum atomic E-state index is 5.63. The summed E-state index contributed by atoms with van der Waals surface area (Å²) in [5.41, 5.74) is 1.31. The van der Waals surface area contributed by atoms with Crippen LogP contribution in [0.15, 0.2) is 18.5 Å². The second-order valence-electron chi connectivity index (χ2n) is 4.00. The molecule has 2 nitrogen and oxygen atoms in total. The van der Waals surface area contributed by atoms with Gasteiger partial charge in [0, 0.05) is 6.20 Å². The first kappa shape index (κ1) is 8.54. The molecule has 13 heavy (non-hydrogen) atoms. The zero-order valence-electron chi connectivity index (χ0n) is 8.16. The van der Waals surface area contributed by atoms with E-state index in [1.807, 2.05) is 12.4 Å². The molecule has 1 aliphatic rings. The van der Waals surface area contributed by atoms with E-state index in [0.717, 1.165) is 18.8 Å². The Kier molecular flexibility index (Phi) is 2.21. The highest BCUT2D eigenvalue weighted by Crippen LogP contribution is 2.29. The van der Waals surface area contributed by atoms with Crippen molar-refractivity contribution < 1.29 is 4.74 Å². The average molecular weight is 177 g/mol. The fraction of sp³-hybridized carbons (Fsp3) is 0.545. The van der Waals surface area contributed by atoms with Gasteiger partial charge in [-0.3, -0.25) is 4.98 Å². The molecule has 2 heterocycles.